The number of quaternary nitrogens is 1. The van der Waals surface area contributed by atoms with Crippen LogP contribution >= 0.6 is 0 Å². The molecule has 3 aliphatic rings. The lowest BCUT2D eigenvalue weighted by Crippen LogP contribution is -2.65. The van der Waals surface area contributed by atoms with Crippen LogP contribution in [0, 0.1) is 0 Å². The average molecular weight is 144 g/mol. The molecule has 0 aromatic heterocycles. The second-order valence-corrected chi connectivity index (χ2v) is 3.63. The summed E-state index contributed by atoms with van der Waals surface area (Å²) in [5.41, 5.74) is 0. The van der Waals surface area contributed by atoms with Gasteiger partial charge in [-0.15, -0.1) is 0 Å². The van der Waals surface area contributed by atoms with Gasteiger partial charge in [0.1, 0.15) is 0 Å². The summed E-state index contributed by atoms with van der Waals surface area (Å²) >= 11 is 0. The number of nitrogens with zero attached hydrogens (tertiary/aromatic N) is 2. The zero-order valence-corrected chi connectivity index (χ0v) is 6.58. The average Bonchev–Trinajstić information content (AvgIpc) is 1.90. The number of rotatable bonds is 0. The highest BCUT2D eigenvalue weighted by molar-refractivity contribution is 4.68. The summed E-state index contributed by atoms with van der Waals surface area (Å²) in [6, 6.07) is 0. The molecule has 10 heavy (non-hydrogen) atoms. The van der Waals surface area contributed by atoms with Crippen LogP contribution < -0.4 is 0 Å². The molecule has 0 radical (unpaired) electrons. The molecule has 0 aromatic carbocycles. The molecule has 2 bridgehead atoms. The maximum Gasteiger partial charge on any atom is 0.0914 e. The number of fused-ring (bicyclic) bond motifs is 3. The third-order valence-corrected chi connectivity index (χ3v) is 2.87. The minimum Gasteiger partial charge on any atom is -0.870 e. The van der Waals surface area contributed by atoms with Crippen molar-refractivity contribution in [2.75, 3.05) is 46.3 Å². The lowest BCUT2D eigenvalue weighted by atomic mass is 10.2. The Morgan fingerprint density at radius 3 is 1.60 bits per heavy atom. The molecule has 0 atom stereocenters. The van der Waals surface area contributed by atoms with Crippen LogP contribution in [0.4, 0.5) is 0 Å². The Hall–Kier alpha value is -0.120. The van der Waals surface area contributed by atoms with Gasteiger partial charge in [0.05, 0.1) is 26.7 Å². The summed E-state index contributed by atoms with van der Waals surface area (Å²) in [6.07, 6.45) is 0. The van der Waals surface area contributed by atoms with Gasteiger partial charge in [-0.1, -0.05) is 0 Å². The topological polar surface area (TPSA) is 33.2 Å². The van der Waals surface area contributed by atoms with E-state index in [0.29, 0.717) is 0 Å². The molecule has 3 saturated heterocycles. The van der Waals surface area contributed by atoms with Crippen LogP contribution in [-0.2, 0) is 0 Å². The molecule has 0 spiro atoms. The Morgan fingerprint density at radius 2 is 1.40 bits per heavy atom. The number of hydrogen-bond donors (Lipinski definition) is 0. The van der Waals surface area contributed by atoms with Gasteiger partial charge in [-0.25, -0.2) is 0 Å². The molecule has 3 heteroatoms. The van der Waals surface area contributed by atoms with Crippen molar-refractivity contribution in [3.05, 3.63) is 0 Å². The van der Waals surface area contributed by atoms with Crippen LogP contribution in [0.5, 0.6) is 0 Å². The van der Waals surface area contributed by atoms with Gasteiger partial charge in [0, 0.05) is 19.6 Å². The minimum absolute atomic E-state index is 0. The van der Waals surface area contributed by atoms with Crippen molar-refractivity contribution in [2.45, 2.75) is 0 Å². The highest BCUT2D eigenvalue weighted by Gasteiger charge is 2.34. The molecule has 3 heterocycles. The summed E-state index contributed by atoms with van der Waals surface area (Å²) in [7, 11) is 2.39. The van der Waals surface area contributed by atoms with E-state index in [2.05, 4.69) is 11.9 Å². The smallest absolute Gasteiger partial charge is 0.0914 e. The van der Waals surface area contributed by atoms with Gasteiger partial charge in [0.25, 0.3) is 0 Å². The molecule has 0 aromatic rings. The van der Waals surface area contributed by atoms with Crippen molar-refractivity contribution in [1.82, 2.24) is 4.90 Å². The van der Waals surface area contributed by atoms with Gasteiger partial charge in [-0.2, -0.15) is 0 Å². The summed E-state index contributed by atoms with van der Waals surface area (Å²) in [5, 5.41) is 0. The first-order valence-electron chi connectivity index (χ1n) is 3.84. The third-order valence-electron chi connectivity index (χ3n) is 2.87. The van der Waals surface area contributed by atoms with Crippen LogP contribution in [0.3, 0.4) is 0 Å². The largest absolute Gasteiger partial charge is 0.870 e. The van der Waals surface area contributed by atoms with Crippen molar-refractivity contribution in [1.29, 1.82) is 0 Å². The van der Waals surface area contributed by atoms with E-state index in [9.17, 15) is 0 Å². The highest BCUT2D eigenvalue weighted by Crippen LogP contribution is 2.15. The Morgan fingerprint density at radius 1 is 1.00 bits per heavy atom. The fourth-order valence-corrected chi connectivity index (χ4v) is 1.82. The minimum atomic E-state index is 0. The van der Waals surface area contributed by atoms with E-state index >= 15 is 0 Å². The summed E-state index contributed by atoms with van der Waals surface area (Å²) in [6.45, 7) is 8.20. The highest BCUT2D eigenvalue weighted by atomic mass is 16.0. The first-order chi connectivity index (χ1) is 4.29. The molecular weight excluding hydrogens is 128 g/mol. The Kier molecular flexibility index (Phi) is 1.99. The SMILES string of the molecule is C[N+]12CCN(CC1)CC2.[OH-]. The maximum atomic E-state index is 2.57. The van der Waals surface area contributed by atoms with Gasteiger partial charge < -0.3 is 9.96 Å². The molecule has 3 nitrogen and oxygen atoms in total. The van der Waals surface area contributed by atoms with Crippen molar-refractivity contribution in [3.63, 3.8) is 0 Å². The molecule has 0 unspecified atom stereocenters. The lowest BCUT2D eigenvalue weighted by molar-refractivity contribution is -0.922. The molecular formula is C7H16N2O. The maximum absolute atomic E-state index is 2.57. The Labute approximate surface area is 62.1 Å². The Balaban J connectivity index is 0.000000500. The molecule has 0 aliphatic carbocycles. The molecule has 3 aliphatic heterocycles. The quantitative estimate of drug-likeness (QED) is 0.433. The van der Waals surface area contributed by atoms with Gasteiger partial charge in [0.15, 0.2) is 0 Å². The Bertz CT molecular complexity index is 105. The number of likely N-dealkylation sites (N-methyl/N-ethyl adjacent to an activating group) is 1. The zero-order valence-electron chi connectivity index (χ0n) is 6.58. The summed E-state index contributed by atoms with van der Waals surface area (Å²) in [5.74, 6) is 0. The lowest BCUT2D eigenvalue weighted by Gasteiger charge is -2.48. The third kappa shape index (κ3) is 1.17. The van der Waals surface area contributed by atoms with E-state index in [1.807, 2.05) is 0 Å². The monoisotopic (exact) mass is 144 g/mol. The fraction of sp³-hybridized carbons (Fsp3) is 1.00. The van der Waals surface area contributed by atoms with Gasteiger partial charge in [-0.05, 0) is 0 Å². The van der Waals surface area contributed by atoms with Crippen molar-refractivity contribution >= 4 is 0 Å². The predicted octanol–water partition coefficient (Wildman–Crippen LogP) is -0.415. The molecule has 60 valence electrons. The van der Waals surface area contributed by atoms with E-state index in [-0.39, 0.29) is 5.48 Å². The van der Waals surface area contributed by atoms with Crippen LogP contribution in [0.2, 0.25) is 0 Å². The van der Waals surface area contributed by atoms with Crippen LogP contribution in [0.25, 0.3) is 0 Å². The second-order valence-electron chi connectivity index (χ2n) is 3.63. The van der Waals surface area contributed by atoms with Crippen molar-refractivity contribution < 1.29 is 9.96 Å². The van der Waals surface area contributed by atoms with E-state index in [0.717, 1.165) is 0 Å². The van der Waals surface area contributed by atoms with Gasteiger partial charge in [-0.3, -0.25) is 4.90 Å². The van der Waals surface area contributed by atoms with Crippen molar-refractivity contribution in [3.8, 4) is 0 Å². The second kappa shape index (κ2) is 2.49. The van der Waals surface area contributed by atoms with Crippen molar-refractivity contribution in [2.24, 2.45) is 0 Å². The van der Waals surface area contributed by atoms with E-state index in [1.165, 1.54) is 43.8 Å². The van der Waals surface area contributed by atoms with Gasteiger partial charge in [0.2, 0.25) is 0 Å². The molecule has 0 saturated carbocycles. The fourth-order valence-electron chi connectivity index (χ4n) is 1.82. The summed E-state index contributed by atoms with van der Waals surface area (Å²) in [4.78, 5) is 2.57. The molecule has 3 rings (SSSR count). The van der Waals surface area contributed by atoms with Gasteiger partial charge >= 0.3 is 0 Å². The van der Waals surface area contributed by atoms with E-state index in [1.54, 1.807) is 0 Å². The molecule has 0 amide bonds. The predicted molar refractivity (Wildman–Crippen MR) is 39.2 cm³/mol. The first-order valence-corrected chi connectivity index (χ1v) is 3.84. The molecule has 3 fully saturated rings. The first kappa shape index (κ1) is 7.98. The van der Waals surface area contributed by atoms with Crippen LogP contribution in [0.15, 0.2) is 0 Å². The zero-order chi connectivity index (χ0) is 6.32. The number of hydrogen-bond acceptors (Lipinski definition) is 2. The van der Waals surface area contributed by atoms with E-state index < -0.39 is 0 Å². The molecule has 1 N–H and O–H groups in total. The normalized spacial score (nSPS) is 44.7. The summed E-state index contributed by atoms with van der Waals surface area (Å²) < 4.78 is 1.34. The van der Waals surface area contributed by atoms with E-state index in [4.69, 9.17) is 0 Å². The number of piperazine rings is 3. The van der Waals surface area contributed by atoms with Crippen LogP contribution in [0.1, 0.15) is 0 Å². The standard InChI is InChI=1S/C7H15N2.H2O/c1-9-5-2-8(3-6-9)4-7-9;/h2-7H2,1H3;1H2/q+1;/p-1. The van der Waals surface area contributed by atoms with Crippen LogP contribution in [-0.4, -0.2) is 61.2 Å².